The summed E-state index contributed by atoms with van der Waals surface area (Å²) in [5.74, 6) is -1.23. The standard InChI is InChI=1S/C12H12ClNO3/c1-8(15)14(2)12-9(6-7-11(16)17)4-3-5-10(12)13/h3-7H,1-2H3,(H,16,17)/b7-6+. The monoisotopic (exact) mass is 253 g/mol. The fraction of sp³-hybridized carbons (Fsp3) is 0.167. The molecule has 0 saturated heterocycles. The molecule has 1 aromatic carbocycles. The molecule has 0 bridgehead atoms. The minimum atomic E-state index is -1.05. The molecule has 1 N–H and O–H groups in total. The fourth-order valence-electron chi connectivity index (χ4n) is 1.34. The minimum absolute atomic E-state index is 0.178. The molecule has 0 aliphatic carbocycles. The molecule has 0 unspecified atom stereocenters. The van der Waals surface area contributed by atoms with Gasteiger partial charge in [-0.05, 0) is 17.7 Å². The van der Waals surface area contributed by atoms with Crippen LogP contribution < -0.4 is 4.90 Å². The molecule has 0 saturated carbocycles. The first-order valence-corrected chi connectivity index (χ1v) is 5.25. The second kappa shape index (κ2) is 5.50. The van der Waals surface area contributed by atoms with Crippen LogP contribution in [-0.4, -0.2) is 24.0 Å². The molecule has 1 rings (SSSR count). The lowest BCUT2D eigenvalue weighted by molar-refractivity contribution is -0.131. The molecular formula is C12H12ClNO3. The first-order valence-electron chi connectivity index (χ1n) is 4.87. The van der Waals surface area contributed by atoms with Crippen molar-refractivity contribution in [3.8, 4) is 0 Å². The van der Waals surface area contributed by atoms with Crippen molar-refractivity contribution in [1.82, 2.24) is 0 Å². The maximum absolute atomic E-state index is 11.3. The van der Waals surface area contributed by atoms with Crippen LogP contribution in [0.4, 0.5) is 5.69 Å². The molecule has 0 aliphatic heterocycles. The minimum Gasteiger partial charge on any atom is -0.478 e. The van der Waals surface area contributed by atoms with E-state index in [-0.39, 0.29) is 5.91 Å². The van der Waals surface area contributed by atoms with Gasteiger partial charge in [0.1, 0.15) is 0 Å². The van der Waals surface area contributed by atoms with Crippen LogP contribution in [0.2, 0.25) is 5.02 Å². The van der Waals surface area contributed by atoms with Crippen molar-refractivity contribution in [1.29, 1.82) is 0 Å². The summed E-state index contributed by atoms with van der Waals surface area (Å²) in [6.07, 6.45) is 2.41. The number of hydrogen-bond acceptors (Lipinski definition) is 2. The van der Waals surface area contributed by atoms with Crippen LogP contribution >= 0.6 is 11.6 Å². The third kappa shape index (κ3) is 3.32. The number of halogens is 1. The summed E-state index contributed by atoms with van der Waals surface area (Å²) in [6, 6.07) is 5.04. The van der Waals surface area contributed by atoms with Crippen molar-refractivity contribution >= 4 is 35.2 Å². The van der Waals surface area contributed by atoms with Crippen molar-refractivity contribution in [3.63, 3.8) is 0 Å². The van der Waals surface area contributed by atoms with Gasteiger partial charge in [0.15, 0.2) is 0 Å². The van der Waals surface area contributed by atoms with Gasteiger partial charge in [0.05, 0.1) is 10.7 Å². The predicted octanol–water partition coefficient (Wildman–Crippen LogP) is 2.42. The van der Waals surface area contributed by atoms with Crippen LogP contribution in [0.25, 0.3) is 6.08 Å². The largest absolute Gasteiger partial charge is 0.478 e. The lowest BCUT2D eigenvalue weighted by atomic mass is 10.1. The van der Waals surface area contributed by atoms with Crippen LogP contribution in [0.1, 0.15) is 12.5 Å². The Hall–Kier alpha value is -1.81. The van der Waals surface area contributed by atoms with Gasteiger partial charge in [-0.25, -0.2) is 4.79 Å². The lowest BCUT2D eigenvalue weighted by Gasteiger charge is -2.19. The highest BCUT2D eigenvalue weighted by Crippen LogP contribution is 2.30. The number of rotatable bonds is 3. The summed E-state index contributed by atoms with van der Waals surface area (Å²) < 4.78 is 0. The van der Waals surface area contributed by atoms with Crippen molar-refractivity contribution in [2.24, 2.45) is 0 Å². The number of benzene rings is 1. The number of para-hydroxylation sites is 1. The van der Waals surface area contributed by atoms with E-state index in [0.717, 1.165) is 6.08 Å². The highest BCUT2D eigenvalue weighted by molar-refractivity contribution is 6.34. The first kappa shape index (κ1) is 13.3. The van der Waals surface area contributed by atoms with Gasteiger partial charge in [0.2, 0.25) is 5.91 Å². The molecule has 1 amide bonds. The van der Waals surface area contributed by atoms with Gasteiger partial charge >= 0.3 is 5.97 Å². The van der Waals surface area contributed by atoms with E-state index in [1.54, 1.807) is 25.2 Å². The molecule has 0 atom stereocenters. The maximum Gasteiger partial charge on any atom is 0.328 e. The predicted molar refractivity (Wildman–Crippen MR) is 67.2 cm³/mol. The number of carbonyl (C=O) groups is 2. The SMILES string of the molecule is CC(=O)N(C)c1c(Cl)cccc1/C=C/C(=O)O. The quantitative estimate of drug-likeness (QED) is 0.842. The first-order chi connectivity index (χ1) is 7.93. The van der Waals surface area contributed by atoms with Crippen molar-refractivity contribution in [2.45, 2.75) is 6.92 Å². The molecule has 0 spiro atoms. The van der Waals surface area contributed by atoms with Gasteiger partial charge in [-0.2, -0.15) is 0 Å². The number of hydrogen-bond donors (Lipinski definition) is 1. The Morgan fingerprint density at radius 1 is 1.41 bits per heavy atom. The van der Waals surface area contributed by atoms with Crippen molar-refractivity contribution in [2.75, 3.05) is 11.9 Å². The number of aliphatic carboxylic acids is 1. The highest BCUT2D eigenvalue weighted by Gasteiger charge is 2.13. The van der Waals surface area contributed by atoms with E-state index in [9.17, 15) is 9.59 Å². The number of carboxylic acids is 1. The number of anilines is 1. The molecule has 0 fully saturated rings. The average molecular weight is 254 g/mol. The van der Waals surface area contributed by atoms with Crippen LogP contribution in [0, 0.1) is 0 Å². The van der Waals surface area contributed by atoms with E-state index in [4.69, 9.17) is 16.7 Å². The summed E-state index contributed by atoms with van der Waals surface area (Å²) in [6.45, 7) is 1.41. The van der Waals surface area contributed by atoms with E-state index in [1.165, 1.54) is 17.9 Å². The molecule has 5 heteroatoms. The van der Waals surface area contributed by atoms with Gasteiger partial charge < -0.3 is 10.0 Å². The Labute approximate surface area is 104 Å². The van der Waals surface area contributed by atoms with Crippen LogP contribution in [0.5, 0.6) is 0 Å². The van der Waals surface area contributed by atoms with E-state index >= 15 is 0 Å². The Morgan fingerprint density at radius 2 is 2.06 bits per heavy atom. The van der Waals surface area contributed by atoms with E-state index in [2.05, 4.69) is 0 Å². The molecule has 90 valence electrons. The van der Waals surface area contributed by atoms with Gasteiger partial charge in [-0.15, -0.1) is 0 Å². The second-order valence-electron chi connectivity index (χ2n) is 3.43. The third-order valence-electron chi connectivity index (χ3n) is 2.23. The highest BCUT2D eigenvalue weighted by atomic mass is 35.5. The van der Waals surface area contributed by atoms with Crippen LogP contribution in [-0.2, 0) is 9.59 Å². The second-order valence-corrected chi connectivity index (χ2v) is 3.83. The number of nitrogens with zero attached hydrogens (tertiary/aromatic N) is 1. The van der Waals surface area contributed by atoms with Crippen molar-refractivity contribution in [3.05, 3.63) is 34.9 Å². The Balaban J connectivity index is 3.26. The number of carboxylic acid groups (broad SMARTS) is 1. The average Bonchev–Trinajstić information content (AvgIpc) is 2.25. The van der Waals surface area contributed by atoms with Gasteiger partial charge in [0, 0.05) is 20.0 Å². The van der Waals surface area contributed by atoms with Crippen molar-refractivity contribution < 1.29 is 14.7 Å². The summed E-state index contributed by atoms with van der Waals surface area (Å²) >= 11 is 6.01. The Kier molecular flexibility index (Phi) is 4.29. The van der Waals surface area contributed by atoms with E-state index in [1.807, 2.05) is 0 Å². The molecule has 0 radical (unpaired) electrons. The van der Waals surface area contributed by atoms with Crippen LogP contribution in [0.3, 0.4) is 0 Å². The Morgan fingerprint density at radius 3 is 2.59 bits per heavy atom. The molecule has 4 nitrogen and oxygen atoms in total. The molecule has 0 heterocycles. The maximum atomic E-state index is 11.3. The molecular weight excluding hydrogens is 242 g/mol. The normalized spacial score (nSPS) is 10.5. The zero-order valence-electron chi connectivity index (χ0n) is 9.48. The molecule has 1 aromatic rings. The van der Waals surface area contributed by atoms with E-state index < -0.39 is 5.97 Å². The Bertz CT molecular complexity index is 483. The van der Waals surface area contributed by atoms with Gasteiger partial charge in [0.25, 0.3) is 0 Å². The zero-order valence-corrected chi connectivity index (χ0v) is 10.2. The number of amides is 1. The summed E-state index contributed by atoms with van der Waals surface area (Å²) in [5, 5.41) is 8.98. The molecule has 0 aliphatic rings. The molecule has 17 heavy (non-hydrogen) atoms. The molecule has 0 aromatic heterocycles. The smallest absolute Gasteiger partial charge is 0.328 e. The van der Waals surface area contributed by atoms with Gasteiger partial charge in [-0.3, -0.25) is 4.79 Å². The summed E-state index contributed by atoms with van der Waals surface area (Å²) in [7, 11) is 1.58. The van der Waals surface area contributed by atoms with Crippen LogP contribution in [0.15, 0.2) is 24.3 Å². The zero-order chi connectivity index (χ0) is 13.0. The topological polar surface area (TPSA) is 57.6 Å². The lowest BCUT2D eigenvalue weighted by Crippen LogP contribution is -2.24. The summed E-state index contributed by atoms with van der Waals surface area (Å²) in [5.41, 5.74) is 1.08. The fourth-order valence-corrected chi connectivity index (χ4v) is 1.65. The van der Waals surface area contributed by atoms with Gasteiger partial charge in [-0.1, -0.05) is 23.7 Å². The number of carbonyl (C=O) groups excluding carboxylic acids is 1. The van der Waals surface area contributed by atoms with E-state index in [0.29, 0.717) is 16.3 Å². The summed E-state index contributed by atoms with van der Waals surface area (Å²) in [4.78, 5) is 23.2. The third-order valence-corrected chi connectivity index (χ3v) is 2.54.